The zero-order chi connectivity index (χ0) is 14.3. The van der Waals surface area contributed by atoms with Crippen LogP contribution in [-0.2, 0) is 0 Å². The Morgan fingerprint density at radius 3 is 2.65 bits per heavy atom. The van der Waals surface area contributed by atoms with E-state index in [2.05, 4.69) is 4.98 Å². The molecule has 1 aromatic heterocycles. The van der Waals surface area contributed by atoms with E-state index in [-0.39, 0.29) is 17.3 Å². The monoisotopic (exact) mass is 271 g/mol. The molecule has 3 nitrogen and oxygen atoms in total. The predicted molar refractivity (Wildman–Crippen MR) is 75.2 cm³/mol. The number of oxazole rings is 1. The molecular formula is C16H14FNO2. The topological polar surface area (TPSA) is 46.3 Å². The van der Waals surface area contributed by atoms with Gasteiger partial charge in [0.25, 0.3) is 0 Å². The van der Waals surface area contributed by atoms with Crippen LogP contribution in [-0.4, -0.2) is 10.1 Å². The minimum Gasteiger partial charge on any atom is -0.508 e. The maximum absolute atomic E-state index is 13.6. The fourth-order valence-corrected chi connectivity index (χ4v) is 2.20. The molecule has 3 aromatic rings. The average molecular weight is 271 g/mol. The van der Waals surface area contributed by atoms with Crippen molar-refractivity contribution in [3.05, 3.63) is 47.8 Å². The lowest BCUT2D eigenvalue weighted by Gasteiger charge is -2.08. The van der Waals surface area contributed by atoms with E-state index in [1.165, 1.54) is 6.07 Å². The summed E-state index contributed by atoms with van der Waals surface area (Å²) in [6.45, 7) is 4.01. The highest BCUT2D eigenvalue weighted by atomic mass is 19.1. The normalized spacial score (nSPS) is 11.4. The molecule has 102 valence electrons. The first kappa shape index (κ1) is 12.7. The number of phenolic OH excluding ortho intramolecular Hbond substituents is 1. The van der Waals surface area contributed by atoms with Crippen molar-refractivity contribution in [2.45, 2.75) is 19.8 Å². The highest BCUT2D eigenvalue weighted by molar-refractivity contribution is 5.77. The summed E-state index contributed by atoms with van der Waals surface area (Å²) < 4.78 is 19.0. The molecule has 0 aliphatic heterocycles. The summed E-state index contributed by atoms with van der Waals surface area (Å²) in [4.78, 5) is 4.24. The first-order valence-electron chi connectivity index (χ1n) is 6.44. The molecule has 0 unspecified atom stereocenters. The molecule has 0 fully saturated rings. The van der Waals surface area contributed by atoms with Crippen LogP contribution in [0.5, 0.6) is 5.75 Å². The summed E-state index contributed by atoms with van der Waals surface area (Å²) in [6.07, 6.45) is 0. The zero-order valence-electron chi connectivity index (χ0n) is 11.2. The van der Waals surface area contributed by atoms with Gasteiger partial charge in [0, 0.05) is 5.56 Å². The summed E-state index contributed by atoms with van der Waals surface area (Å²) in [5, 5.41) is 10.0. The Labute approximate surface area is 115 Å². The van der Waals surface area contributed by atoms with E-state index >= 15 is 0 Å². The number of halogens is 1. The van der Waals surface area contributed by atoms with Crippen LogP contribution in [0.15, 0.2) is 40.8 Å². The third-order valence-electron chi connectivity index (χ3n) is 3.27. The van der Waals surface area contributed by atoms with E-state index < -0.39 is 5.82 Å². The third-order valence-corrected chi connectivity index (χ3v) is 3.27. The van der Waals surface area contributed by atoms with Crippen LogP contribution in [0.2, 0.25) is 0 Å². The van der Waals surface area contributed by atoms with Crippen LogP contribution >= 0.6 is 0 Å². The van der Waals surface area contributed by atoms with Crippen molar-refractivity contribution in [2.75, 3.05) is 0 Å². The van der Waals surface area contributed by atoms with Gasteiger partial charge in [-0.05, 0) is 35.7 Å². The number of aromatic hydroxyl groups is 1. The second-order valence-electron chi connectivity index (χ2n) is 5.04. The first-order chi connectivity index (χ1) is 9.56. The standard InChI is InChI=1S/C16H14FNO2/c1-9(2)11-7-6-10(8-14(11)19)16-18-13-5-3-4-12(17)15(13)20-16/h3-9,19H,1-2H3. The van der Waals surface area contributed by atoms with E-state index in [0.717, 1.165) is 5.56 Å². The van der Waals surface area contributed by atoms with Crippen molar-refractivity contribution in [3.8, 4) is 17.2 Å². The van der Waals surface area contributed by atoms with E-state index in [1.54, 1.807) is 18.2 Å². The van der Waals surface area contributed by atoms with Crippen LogP contribution in [0.1, 0.15) is 25.3 Å². The maximum atomic E-state index is 13.6. The molecule has 1 N–H and O–H groups in total. The summed E-state index contributed by atoms with van der Waals surface area (Å²) in [7, 11) is 0. The van der Waals surface area contributed by atoms with Crippen LogP contribution in [0.25, 0.3) is 22.6 Å². The van der Waals surface area contributed by atoms with Gasteiger partial charge in [-0.3, -0.25) is 0 Å². The Bertz CT molecular complexity index is 777. The Kier molecular flexibility index (Phi) is 2.93. The van der Waals surface area contributed by atoms with Gasteiger partial charge in [-0.25, -0.2) is 9.37 Å². The largest absolute Gasteiger partial charge is 0.508 e. The van der Waals surface area contributed by atoms with Gasteiger partial charge in [-0.15, -0.1) is 0 Å². The summed E-state index contributed by atoms with van der Waals surface area (Å²) in [6, 6.07) is 9.85. The molecule has 4 heteroatoms. The summed E-state index contributed by atoms with van der Waals surface area (Å²) in [5.41, 5.74) is 2.08. The number of aromatic nitrogens is 1. The fourth-order valence-electron chi connectivity index (χ4n) is 2.20. The molecule has 0 saturated heterocycles. The molecule has 2 aromatic carbocycles. The summed E-state index contributed by atoms with van der Waals surface area (Å²) in [5.74, 6) is 0.283. The maximum Gasteiger partial charge on any atom is 0.227 e. The molecule has 20 heavy (non-hydrogen) atoms. The minimum absolute atomic E-state index is 0.134. The fraction of sp³-hybridized carbons (Fsp3) is 0.188. The molecule has 0 saturated carbocycles. The third kappa shape index (κ3) is 2.03. The lowest BCUT2D eigenvalue weighted by Crippen LogP contribution is -1.88. The van der Waals surface area contributed by atoms with Crippen LogP contribution < -0.4 is 0 Å². The number of benzene rings is 2. The first-order valence-corrected chi connectivity index (χ1v) is 6.44. The average Bonchev–Trinajstić information content (AvgIpc) is 2.83. The molecular weight excluding hydrogens is 257 g/mol. The van der Waals surface area contributed by atoms with E-state index in [0.29, 0.717) is 17.0 Å². The van der Waals surface area contributed by atoms with Crippen molar-refractivity contribution in [1.82, 2.24) is 4.98 Å². The number of fused-ring (bicyclic) bond motifs is 1. The van der Waals surface area contributed by atoms with Crippen LogP contribution in [0.3, 0.4) is 0 Å². The Hall–Kier alpha value is -2.36. The number of para-hydroxylation sites is 1. The van der Waals surface area contributed by atoms with E-state index in [4.69, 9.17) is 4.42 Å². The van der Waals surface area contributed by atoms with Gasteiger partial charge in [0.15, 0.2) is 11.4 Å². The van der Waals surface area contributed by atoms with Crippen molar-refractivity contribution in [3.63, 3.8) is 0 Å². The second kappa shape index (κ2) is 4.63. The van der Waals surface area contributed by atoms with E-state index in [1.807, 2.05) is 26.0 Å². The number of hydrogen-bond acceptors (Lipinski definition) is 3. The molecule has 0 amide bonds. The number of hydrogen-bond donors (Lipinski definition) is 1. The van der Waals surface area contributed by atoms with Crippen LogP contribution in [0, 0.1) is 5.82 Å². The molecule has 0 aliphatic rings. The molecule has 0 atom stereocenters. The van der Waals surface area contributed by atoms with Crippen molar-refractivity contribution in [2.24, 2.45) is 0 Å². The highest BCUT2D eigenvalue weighted by Gasteiger charge is 2.13. The molecule has 3 rings (SSSR count). The van der Waals surface area contributed by atoms with Gasteiger partial charge in [0.05, 0.1) is 0 Å². The lowest BCUT2D eigenvalue weighted by atomic mass is 10.0. The molecule has 1 heterocycles. The Balaban J connectivity index is 2.11. The number of nitrogens with zero attached hydrogens (tertiary/aromatic N) is 1. The Morgan fingerprint density at radius 2 is 2.00 bits per heavy atom. The minimum atomic E-state index is -0.440. The predicted octanol–water partition coefficient (Wildman–Crippen LogP) is 4.46. The van der Waals surface area contributed by atoms with Gasteiger partial charge in [0.1, 0.15) is 11.3 Å². The second-order valence-corrected chi connectivity index (χ2v) is 5.04. The number of rotatable bonds is 2. The molecule has 0 spiro atoms. The van der Waals surface area contributed by atoms with Gasteiger partial charge >= 0.3 is 0 Å². The smallest absolute Gasteiger partial charge is 0.227 e. The lowest BCUT2D eigenvalue weighted by molar-refractivity contribution is 0.464. The molecule has 0 aliphatic carbocycles. The molecule has 0 radical (unpaired) electrons. The molecule has 0 bridgehead atoms. The highest BCUT2D eigenvalue weighted by Crippen LogP contribution is 2.32. The Morgan fingerprint density at radius 1 is 1.20 bits per heavy atom. The van der Waals surface area contributed by atoms with Gasteiger partial charge in [-0.2, -0.15) is 0 Å². The van der Waals surface area contributed by atoms with Crippen molar-refractivity contribution >= 4 is 11.1 Å². The van der Waals surface area contributed by atoms with Gasteiger partial charge in [0.2, 0.25) is 5.89 Å². The van der Waals surface area contributed by atoms with Gasteiger partial charge < -0.3 is 9.52 Å². The SMILES string of the molecule is CC(C)c1ccc(-c2nc3cccc(F)c3o2)cc1O. The van der Waals surface area contributed by atoms with E-state index in [9.17, 15) is 9.50 Å². The quantitative estimate of drug-likeness (QED) is 0.748. The zero-order valence-corrected chi connectivity index (χ0v) is 11.2. The number of phenols is 1. The van der Waals surface area contributed by atoms with Crippen molar-refractivity contribution in [1.29, 1.82) is 0 Å². The van der Waals surface area contributed by atoms with Crippen LogP contribution in [0.4, 0.5) is 4.39 Å². The van der Waals surface area contributed by atoms with Crippen molar-refractivity contribution < 1.29 is 13.9 Å². The van der Waals surface area contributed by atoms with Gasteiger partial charge in [-0.1, -0.05) is 26.0 Å². The summed E-state index contributed by atoms with van der Waals surface area (Å²) >= 11 is 0.